The van der Waals surface area contributed by atoms with Crippen LogP contribution in [0.3, 0.4) is 0 Å². The fraction of sp³-hybridized carbons (Fsp3) is 0.222. The molecule has 140 valence electrons. The van der Waals surface area contributed by atoms with Crippen LogP contribution in [0, 0.1) is 11.6 Å². The van der Waals surface area contributed by atoms with Crippen LogP contribution in [0.2, 0.25) is 0 Å². The molecule has 1 heterocycles. The topological polar surface area (TPSA) is 81.9 Å². The lowest BCUT2D eigenvalue weighted by Gasteiger charge is -2.36. The number of nitrogens with two attached hydrogens (primary N) is 1. The van der Waals surface area contributed by atoms with E-state index in [1.165, 1.54) is 24.3 Å². The summed E-state index contributed by atoms with van der Waals surface area (Å²) in [7, 11) is 1.57. The van der Waals surface area contributed by atoms with E-state index in [0.717, 1.165) is 5.69 Å². The van der Waals surface area contributed by atoms with Gasteiger partial charge >= 0.3 is 0 Å². The van der Waals surface area contributed by atoms with Crippen LogP contribution in [-0.2, 0) is 14.3 Å². The molecule has 2 aromatic rings. The number of nitrogen functional groups attached to an aromatic ring is 1. The molecule has 6 nitrogen and oxygen atoms in total. The number of fused-ring (bicyclic) bond motifs is 1. The number of anilines is 3. The van der Waals surface area contributed by atoms with E-state index in [0.29, 0.717) is 24.6 Å². The number of halogens is 2. The normalized spacial score (nSPS) is 14.7. The van der Waals surface area contributed by atoms with E-state index in [2.05, 4.69) is 0 Å². The van der Waals surface area contributed by atoms with Crippen LogP contribution in [0.4, 0.5) is 25.8 Å². The number of ether oxygens (including phenoxy) is 2. The van der Waals surface area contributed by atoms with E-state index in [9.17, 15) is 8.78 Å². The maximum atomic E-state index is 13.7. The van der Waals surface area contributed by atoms with E-state index in [4.69, 9.17) is 24.8 Å². The molecule has 0 aromatic heterocycles. The van der Waals surface area contributed by atoms with Crippen LogP contribution in [0.1, 0.15) is 0 Å². The van der Waals surface area contributed by atoms with Gasteiger partial charge in [0.1, 0.15) is 37.1 Å². The standard InChI is InChI=1S/C16H16F2N2O2.2CH2O/c1-21-9-12-8-20(11-4-2-10(17)3-5-11)15-7-14(19)13(18)6-16(15)22-12;2*1-2/h2-7,12H,8-9,19H2,1H3;2*1H2. The lowest BCUT2D eigenvalue weighted by molar-refractivity contribution is -0.0987. The second kappa shape index (κ2) is 10.1. The summed E-state index contributed by atoms with van der Waals surface area (Å²) in [5.74, 6) is -0.454. The van der Waals surface area contributed by atoms with Gasteiger partial charge in [-0.1, -0.05) is 0 Å². The number of hydrogen-bond donors (Lipinski definition) is 1. The summed E-state index contributed by atoms with van der Waals surface area (Å²) in [6.45, 7) is 4.86. The Balaban J connectivity index is 0.000000791. The first-order valence-corrected chi connectivity index (χ1v) is 7.44. The summed E-state index contributed by atoms with van der Waals surface area (Å²) in [5, 5.41) is 0. The van der Waals surface area contributed by atoms with Gasteiger partial charge in [-0.2, -0.15) is 0 Å². The molecule has 1 unspecified atom stereocenters. The predicted molar refractivity (Wildman–Crippen MR) is 94.8 cm³/mol. The second-order valence-corrected chi connectivity index (χ2v) is 5.12. The molecular formula is C18H20F2N2O4. The SMILES string of the molecule is C=O.C=O.COCC1CN(c2ccc(F)cc2)c2cc(N)c(F)cc2O1. The molecule has 0 saturated heterocycles. The van der Waals surface area contributed by atoms with Crippen molar-refractivity contribution in [2.45, 2.75) is 6.10 Å². The van der Waals surface area contributed by atoms with Crippen LogP contribution < -0.4 is 15.4 Å². The minimum absolute atomic E-state index is 0.0413. The Labute approximate surface area is 150 Å². The van der Waals surface area contributed by atoms with Gasteiger partial charge in [0.05, 0.1) is 24.5 Å². The van der Waals surface area contributed by atoms with E-state index in [1.807, 2.05) is 18.5 Å². The van der Waals surface area contributed by atoms with Crippen molar-refractivity contribution in [3.05, 3.63) is 48.0 Å². The quantitative estimate of drug-likeness (QED) is 0.841. The van der Waals surface area contributed by atoms with Gasteiger partial charge in [0.15, 0.2) is 0 Å². The molecule has 0 radical (unpaired) electrons. The highest BCUT2D eigenvalue weighted by Gasteiger charge is 2.28. The number of hydrogen-bond acceptors (Lipinski definition) is 6. The van der Waals surface area contributed by atoms with Crippen LogP contribution >= 0.6 is 0 Å². The van der Waals surface area contributed by atoms with Gasteiger partial charge < -0.3 is 29.7 Å². The zero-order chi connectivity index (χ0) is 19.7. The van der Waals surface area contributed by atoms with E-state index in [1.54, 1.807) is 19.2 Å². The smallest absolute Gasteiger partial charge is 0.149 e. The van der Waals surface area contributed by atoms with Crippen LogP contribution in [-0.4, -0.2) is 39.9 Å². The van der Waals surface area contributed by atoms with Gasteiger partial charge in [-0.15, -0.1) is 0 Å². The second-order valence-electron chi connectivity index (χ2n) is 5.12. The van der Waals surface area contributed by atoms with Crippen molar-refractivity contribution < 1.29 is 27.8 Å². The predicted octanol–water partition coefficient (Wildman–Crippen LogP) is 2.72. The first-order valence-electron chi connectivity index (χ1n) is 7.44. The molecule has 0 aliphatic carbocycles. The highest BCUT2D eigenvalue weighted by Crippen LogP contribution is 2.40. The third-order valence-corrected chi connectivity index (χ3v) is 3.54. The number of carbonyl (C=O) groups excluding carboxylic acids is 2. The van der Waals surface area contributed by atoms with Gasteiger partial charge in [-0.05, 0) is 30.3 Å². The van der Waals surface area contributed by atoms with Crippen LogP contribution in [0.25, 0.3) is 0 Å². The molecule has 0 amide bonds. The maximum Gasteiger partial charge on any atom is 0.149 e. The summed E-state index contributed by atoms with van der Waals surface area (Å²) in [4.78, 5) is 17.9. The van der Waals surface area contributed by atoms with Gasteiger partial charge in [-0.3, -0.25) is 0 Å². The van der Waals surface area contributed by atoms with E-state index in [-0.39, 0.29) is 17.6 Å². The van der Waals surface area contributed by atoms with Crippen molar-refractivity contribution in [2.75, 3.05) is 30.9 Å². The average Bonchev–Trinajstić information content (AvgIpc) is 2.67. The molecule has 1 aliphatic rings. The molecule has 0 bridgehead atoms. The Morgan fingerprint density at radius 2 is 1.81 bits per heavy atom. The fourth-order valence-corrected chi connectivity index (χ4v) is 2.52. The molecule has 2 aromatic carbocycles. The Hall–Kier alpha value is -3.00. The largest absolute Gasteiger partial charge is 0.484 e. The van der Waals surface area contributed by atoms with Gasteiger partial charge in [-0.25, -0.2) is 8.78 Å². The van der Waals surface area contributed by atoms with Crippen molar-refractivity contribution in [3.8, 4) is 5.75 Å². The average molecular weight is 366 g/mol. The van der Waals surface area contributed by atoms with E-state index < -0.39 is 5.82 Å². The summed E-state index contributed by atoms with van der Waals surface area (Å²) in [6.07, 6.45) is -0.259. The summed E-state index contributed by atoms with van der Waals surface area (Å²) in [6, 6.07) is 8.87. The van der Waals surface area contributed by atoms with Crippen molar-refractivity contribution >= 4 is 30.6 Å². The third kappa shape index (κ3) is 4.76. The van der Waals surface area contributed by atoms with Crippen molar-refractivity contribution in [1.82, 2.24) is 0 Å². The molecule has 26 heavy (non-hydrogen) atoms. The highest BCUT2D eigenvalue weighted by molar-refractivity contribution is 5.74. The highest BCUT2D eigenvalue weighted by atomic mass is 19.1. The Kier molecular flexibility index (Phi) is 8.17. The van der Waals surface area contributed by atoms with Gasteiger partial charge in [0.25, 0.3) is 0 Å². The molecule has 3 rings (SSSR count). The van der Waals surface area contributed by atoms with Crippen molar-refractivity contribution in [1.29, 1.82) is 0 Å². The molecule has 1 atom stereocenters. The molecular weight excluding hydrogens is 346 g/mol. The van der Waals surface area contributed by atoms with Crippen molar-refractivity contribution in [3.63, 3.8) is 0 Å². The van der Waals surface area contributed by atoms with Crippen LogP contribution in [0.15, 0.2) is 36.4 Å². The number of methoxy groups -OCH3 is 1. The van der Waals surface area contributed by atoms with Crippen LogP contribution in [0.5, 0.6) is 5.75 Å². The van der Waals surface area contributed by atoms with E-state index >= 15 is 0 Å². The fourth-order valence-electron chi connectivity index (χ4n) is 2.52. The van der Waals surface area contributed by atoms with Crippen molar-refractivity contribution in [2.24, 2.45) is 0 Å². The number of nitrogens with zero attached hydrogens (tertiary/aromatic N) is 1. The minimum Gasteiger partial charge on any atom is -0.484 e. The lowest BCUT2D eigenvalue weighted by Crippen LogP contribution is -2.40. The summed E-state index contributed by atoms with van der Waals surface area (Å²) >= 11 is 0. The number of benzene rings is 2. The molecule has 8 heteroatoms. The third-order valence-electron chi connectivity index (χ3n) is 3.54. The lowest BCUT2D eigenvalue weighted by atomic mass is 10.1. The number of carbonyl (C=O) groups is 2. The Morgan fingerprint density at radius 1 is 1.19 bits per heavy atom. The zero-order valence-electron chi connectivity index (χ0n) is 14.3. The maximum absolute atomic E-state index is 13.7. The monoisotopic (exact) mass is 366 g/mol. The van der Waals surface area contributed by atoms with Gasteiger partial charge in [0, 0.05) is 18.9 Å². The Morgan fingerprint density at radius 3 is 2.38 bits per heavy atom. The molecule has 0 spiro atoms. The number of rotatable bonds is 3. The molecule has 0 fully saturated rings. The van der Waals surface area contributed by atoms with Gasteiger partial charge in [0.2, 0.25) is 0 Å². The zero-order valence-corrected chi connectivity index (χ0v) is 14.3. The molecule has 0 saturated carbocycles. The summed E-state index contributed by atoms with van der Waals surface area (Å²) in [5.41, 5.74) is 7.13. The summed E-state index contributed by atoms with van der Waals surface area (Å²) < 4.78 is 37.7. The Bertz CT molecular complexity index is 711. The minimum atomic E-state index is -0.532. The molecule has 2 N–H and O–H groups in total. The first kappa shape index (κ1) is 21.0. The molecule has 1 aliphatic heterocycles. The first-order chi connectivity index (χ1) is 12.6.